The summed E-state index contributed by atoms with van der Waals surface area (Å²) >= 11 is 0. The average Bonchev–Trinajstić information content (AvgIpc) is 2.65. The number of nitrogens with zero attached hydrogens (tertiary/aromatic N) is 4. The molecule has 2 aliphatic heterocycles. The maximum atomic E-state index is 13.3. The van der Waals surface area contributed by atoms with Gasteiger partial charge in [-0.05, 0) is 31.6 Å². The molecule has 0 saturated carbocycles. The second kappa shape index (κ2) is 10.1. The van der Waals surface area contributed by atoms with Crippen LogP contribution in [0.5, 0.6) is 0 Å². The molecule has 3 heterocycles. The number of carbonyl (C=O) groups is 1. The number of nitrogens with one attached hydrogen (secondary N) is 2. The molecule has 0 spiro atoms. The molecule has 0 atom stereocenters. The van der Waals surface area contributed by atoms with Crippen molar-refractivity contribution in [1.82, 2.24) is 20.6 Å². The molecule has 0 radical (unpaired) electrons. The Hall–Kier alpha value is -2.35. The van der Waals surface area contributed by atoms with Crippen LogP contribution in [0.3, 0.4) is 0 Å². The molecular weight excluding hydrogens is 451 g/mol. The summed E-state index contributed by atoms with van der Waals surface area (Å²) in [4.78, 5) is 22.8. The van der Waals surface area contributed by atoms with Gasteiger partial charge in [-0.25, -0.2) is 28.3 Å². The Balaban J connectivity index is 1.47. The van der Waals surface area contributed by atoms with Crippen molar-refractivity contribution in [2.45, 2.75) is 31.9 Å². The SMILES string of the molecule is NS(=O)(=O)CCNC(=O)NCCC1CCN(c2cc(N3CCC3)nc(C(F)(F)F)n2)CC1. The van der Waals surface area contributed by atoms with E-state index in [1.807, 2.05) is 9.80 Å². The molecule has 180 valence electrons. The predicted molar refractivity (Wildman–Crippen MR) is 113 cm³/mol. The minimum atomic E-state index is -4.60. The van der Waals surface area contributed by atoms with Gasteiger partial charge in [-0.15, -0.1) is 0 Å². The topological polar surface area (TPSA) is 134 Å². The van der Waals surface area contributed by atoms with E-state index in [2.05, 4.69) is 20.6 Å². The molecule has 0 bridgehead atoms. The summed E-state index contributed by atoms with van der Waals surface area (Å²) in [7, 11) is -3.62. The molecule has 0 unspecified atom stereocenters. The Kier molecular flexibility index (Phi) is 7.64. The summed E-state index contributed by atoms with van der Waals surface area (Å²) in [6.45, 7) is 2.87. The van der Waals surface area contributed by atoms with Crippen LogP contribution >= 0.6 is 0 Å². The van der Waals surface area contributed by atoms with Crippen LogP contribution < -0.4 is 25.6 Å². The second-order valence-electron chi connectivity index (χ2n) is 8.02. The highest BCUT2D eigenvalue weighted by Crippen LogP contribution is 2.32. The highest BCUT2D eigenvalue weighted by atomic mass is 32.2. The van der Waals surface area contributed by atoms with Gasteiger partial charge in [0.25, 0.3) is 0 Å². The van der Waals surface area contributed by atoms with E-state index in [0.29, 0.717) is 56.7 Å². The Labute approximate surface area is 184 Å². The number of hydrogen-bond acceptors (Lipinski definition) is 7. The fourth-order valence-corrected chi connectivity index (χ4v) is 4.01. The first-order valence-corrected chi connectivity index (χ1v) is 12.2. The van der Waals surface area contributed by atoms with Crippen LogP contribution in [0.15, 0.2) is 6.07 Å². The van der Waals surface area contributed by atoms with E-state index in [-0.39, 0.29) is 12.3 Å². The van der Waals surface area contributed by atoms with Gasteiger partial charge in [0.2, 0.25) is 15.8 Å². The average molecular weight is 480 g/mol. The van der Waals surface area contributed by atoms with Crippen molar-refractivity contribution < 1.29 is 26.4 Å². The van der Waals surface area contributed by atoms with Crippen LogP contribution in [0.4, 0.5) is 29.6 Å². The van der Waals surface area contributed by atoms with Gasteiger partial charge < -0.3 is 20.4 Å². The molecule has 0 aromatic carbocycles. The number of piperidine rings is 1. The first kappa shape index (κ1) is 24.3. The van der Waals surface area contributed by atoms with Crippen LogP contribution in [-0.2, 0) is 16.2 Å². The van der Waals surface area contributed by atoms with E-state index in [9.17, 15) is 26.4 Å². The minimum Gasteiger partial charge on any atom is -0.356 e. The number of hydrogen-bond donors (Lipinski definition) is 3. The zero-order chi connectivity index (χ0) is 23.4. The van der Waals surface area contributed by atoms with Gasteiger partial charge in [0.1, 0.15) is 11.6 Å². The molecule has 2 saturated heterocycles. The van der Waals surface area contributed by atoms with Crippen molar-refractivity contribution in [2.75, 3.05) is 54.8 Å². The normalized spacial score (nSPS) is 17.8. The molecule has 1 aromatic rings. The number of rotatable bonds is 8. The van der Waals surface area contributed by atoms with E-state index in [1.54, 1.807) is 6.07 Å². The van der Waals surface area contributed by atoms with Crippen molar-refractivity contribution >= 4 is 27.7 Å². The Morgan fingerprint density at radius 1 is 1.06 bits per heavy atom. The third kappa shape index (κ3) is 7.08. The fourth-order valence-electron chi connectivity index (χ4n) is 3.63. The number of sulfonamides is 1. The van der Waals surface area contributed by atoms with E-state index in [4.69, 9.17) is 5.14 Å². The summed E-state index contributed by atoms with van der Waals surface area (Å²) in [5, 5.41) is 9.95. The number of alkyl halides is 3. The van der Waals surface area contributed by atoms with Gasteiger partial charge in [0.05, 0.1) is 5.75 Å². The van der Waals surface area contributed by atoms with Crippen molar-refractivity contribution in [3.05, 3.63) is 11.9 Å². The molecule has 4 N–H and O–H groups in total. The first-order chi connectivity index (χ1) is 15.0. The maximum Gasteiger partial charge on any atom is 0.451 e. The molecular formula is C18H28F3N7O3S. The molecule has 32 heavy (non-hydrogen) atoms. The Bertz CT molecular complexity index is 902. The maximum absolute atomic E-state index is 13.3. The van der Waals surface area contributed by atoms with Crippen molar-refractivity contribution in [3.63, 3.8) is 0 Å². The van der Waals surface area contributed by atoms with Gasteiger partial charge >= 0.3 is 12.2 Å². The monoisotopic (exact) mass is 479 g/mol. The molecule has 2 amide bonds. The van der Waals surface area contributed by atoms with Crippen LogP contribution in [0, 0.1) is 5.92 Å². The molecule has 1 aromatic heterocycles. The fraction of sp³-hybridized carbons (Fsp3) is 0.722. The molecule has 10 nitrogen and oxygen atoms in total. The number of primary sulfonamides is 1. The number of aromatic nitrogens is 2. The van der Waals surface area contributed by atoms with Crippen LogP contribution in [-0.4, -0.2) is 69.4 Å². The summed E-state index contributed by atoms with van der Waals surface area (Å²) < 4.78 is 61.5. The Morgan fingerprint density at radius 3 is 2.12 bits per heavy atom. The summed E-state index contributed by atoms with van der Waals surface area (Å²) in [6, 6.07) is 1.16. The van der Waals surface area contributed by atoms with E-state index >= 15 is 0 Å². The lowest BCUT2D eigenvalue weighted by Crippen LogP contribution is -2.41. The van der Waals surface area contributed by atoms with Crippen LogP contribution in [0.25, 0.3) is 0 Å². The minimum absolute atomic E-state index is 0.0681. The van der Waals surface area contributed by atoms with Crippen LogP contribution in [0.2, 0.25) is 0 Å². The van der Waals surface area contributed by atoms with E-state index < -0.39 is 28.1 Å². The molecule has 3 rings (SSSR count). The van der Waals surface area contributed by atoms with Gasteiger partial charge in [-0.2, -0.15) is 13.2 Å². The lowest BCUT2D eigenvalue weighted by Gasteiger charge is -2.35. The highest BCUT2D eigenvalue weighted by Gasteiger charge is 2.37. The van der Waals surface area contributed by atoms with E-state index in [1.165, 1.54) is 0 Å². The second-order valence-corrected chi connectivity index (χ2v) is 9.75. The molecule has 0 aliphatic carbocycles. The smallest absolute Gasteiger partial charge is 0.356 e. The Morgan fingerprint density at radius 2 is 1.62 bits per heavy atom. The van der Waals surface area contributed by atoms with Crippen molar-refractivity contribution in [2.24, 2.45) is 11.1 Å². The summed E-state index contributed by atoms with van der Waals surface area (Å²) in [6.07, 6.45) is -1.43. The van der Waals surface area contributed by atoms with Gasteiger partial charge in [0, 0.05) is 45.3 Å². The molecule has 14 heteroatoms. The zero-order valence-corrected chi connectivity index (χ0v) is 18.4. The van der Waals surface area contributed by atoms with Gasteiger partial charge in [0.15, 0.2) is 0 Å². The molecule has 2 fully saturated rings. The van der Waals surface area contributed by atoms with E-state index in [0.717, 1.165) is 19.3 Å². The number of carbonyl (C=O) groups excluding carboxylic acids is 1. The predicted octanol–water partition coefficient (Wildman–Crippen LogP) is 0.900. The number of urea groups is 1. The summed E-state index contributed by atoms with van der Waals surface area (Å²) in [5.74, 6) is -0.530. The largest absolute Gasteiger partial charge is 0.451 e. The lowest BCUT2D eigenvalue weighted by atomic mass is 9.93. The van der Waals surface area contributed by atoms with Crippen molar-refractivity contribution in [3.8, 4) is 0 Å². The summed E-state index contributed by atoms with van der Waals surface area (Å²) in [5.41, 5.74) is 0. The number of halogens is 3. The quantitative estimate of drug-likeness (QED) is 0.504. The number of nitrogens with two attached hydrogens (primary N) is 1. The van der Waals surface area contributed by atoms with Crippen molar-refractivity contribution in [1.29, 1.82) is 0 Å². The third-order valence-electron chi connectivity index (χ3n) is 5.58. The number of anilines is 2. The van der Waals surface area contributed by atoms with Gasteiger partial charge in [-0.3, -0.25) is 0 Å². The third-order valence-corrected chi connectivity index (χ3v) is 6.35. The standard InChI is InChI=1S/C18H28F3N7O3S/c19-18(20,21)16-25-14(27-7-1-8-27)12-15(26-16)28-9-3-13(4-10-28)2-5-23-17(29)24-6-11-32(22,30)31/h12-13H,1-11H2,(H2,22,30,31)(H2,23,24,29). The lowest BCUT2D eigenvalue weighted by molar-refractivity contribution is -0.144. The van der Waals surface area contributed by atoms with Gasteiger partial charge in [-0.1, -0.05) is 0 Å². The zero-order valence-electron chi connectivity index (χ0n) is 17.6. The molecule has 2 aliphatic rings. The highest BCUT2D eigenvalue weighted by molar-refractivity contribution is 7.89. The van der Waals surface area contributed by atoms with Crippen LogP contribution in [0.1, 0.15) is 31.5 Å². The number of amides is 2. The first-order valence-electron chi connectivity index (χ1n) is 10.5.